The molecule has 0 spiro atoms. The van der Waals surface area contributed by atoms with Crippen LogP contribution in [0.25, 0.3) is 0 Å². The van der Waals surface area contributed by atoms with Gasteiger partial charge in [-0.25, -0.2) is 8.78 Å². The van der Waals surface area contributed by atoms with Gasteiger partial charge in [0.05, 0.1) is 0 Å². The zero-order valence-electron chi connectivity index (χ0n) is 5.82. The number of halogens is 2. The quantitative estimate of drug-likeness (QED) is 0.618. The first kappa shape index (κ1) is 11.1. The summed E-state index contributed by atoms with van der Waals surface area (Å²) in [6.07, 6.45) is 0. The lowest BCUT2D eigenvalue weighted by molar-refractivity contribution is 0.405. The van der Waals surface area contributed by atoms with E-state index in [0.717, 1.165) is 12.1 Å². The first-order valence-electron chi connectivity index (χ1n) is 2.79. The second-order valence-electron chi connectivity index (χ2n) is 1.67. The van der Waals surface area contributed by atoms with Crippen molar-refractivity contribution in [2.45, 2.75) is 0 Å². The molecule has 1 aromatic carbocycles. The molecule has 0 aliphatic carbocycles. The predicted molar refractivity (Wildman–Crippen MR) is 38.4 cm³/mol. The van der Waals surface area contributed by atoms with E-state index in [1.807, 2.05) is 0 Å². The lowest BCUT2D eigenvalue weighted by Crippen LogP contribution is -1.77. The fraction of sp³-hybridized carbons (Fsp3) is 0. The molecule has 0 atom stereocenters. The van der Waals surface area contributed by atoms with E-state index in [-0.39, 0.29) is 0 Å². The van der Waals surface area contributed by atoms with E-state index in [1.54, 1.807) is 0 Å². The minimum absolute atomic E-state index is 0.799. The van der Waals surface area contributed by atoms with Crippen LogP contribution in [0, 0.1) is 11.6 Å². The van der Waals surface area contributed by atoms with Gasteiger partial charge in [0.1, 0.15) is 0 Å². The zero-order valence-corrected chi connectivity index (χ0v) is 6.71. The van der Waals surface area contributed by atoms with Gasteiger partial charge in [0.2, 0.25) is 0 Å². The fourth-order valence-electron chi connectivity index (χ4n) is 0.439. The van der Waals surface area contributed by atoms with Crippen molar-refractivity contribution in [3.8, 4) is 0 Å². The Labute approximate surface area is 68.2 Å². The molecule has 0 amide bonds. The maximum atomic E-state index is 11.9. The van der Waals surface area contributed by atoms with Crippen molar-refractivity contribution in [1.29, 1.82) is 0 Å². The highest BCUT2D eigenvalue weighted by Crippen LogP contribution is 2.01. The maximum absolute atomic E-state index is 11.9. The van der Waals surface area contributed by atoms with Crippen LogP contribution < -0.4 is 0 Å². The predicted octanol–water partition coefficient (Wildman–Crippen LogP) is 1.59. The molecule has 1 aromatic rings. The van der Waals surface area contributed by atoms with Crippen LogP contribution in [0.3, 0.4) is 0 Å². The van der Waals surface area contributed by atoms with Gasteiger partial charge in [-0.05, 0) is 12.1 Å². The second kappa shape index (κ2) is 5.71. The molecule has 12 heavy (non-hydrogen) atoms. The number of hydrogen-bond acceptors (Lipinski definition) is 1. The Morgan fingerprint density at radius 2 is 1.33 bits per heavy atom. The van der Waals surface area contributed by atoms with E-state index in [1.165, 1.54) is 12.1 Å². The van der Waals surface area contributed by atoms with Gasteiger partial charge in [-0.1, -0.05) is 12.1 Å². The molecule has 0 saturated carbocycles. The standard InChI is InChI=1S/C6H4F2.HO3P/c7-5-3-1-2-4-6(5)8;1-4(2)3/h1-4H;(H-,1,2,3)/p+1. The Kier molecular flexibility index (Phi) is 5.28. The van der Waals surface area contributed by atoms with E-state index in [9.17, 15) is 8.78 Å². The van der Waals surface area contributed by atoms with Crippen molar-refractivity contribution >= 4 is 8.25 Å². The van der Waals surface area contributed by atoms with Gasteiger partial charge in [-0.3, -0.25) is 0 Å². The monoisotopic (exact) mass is 195 g/mol. The molecule has 0 unspecified atom stereocenters. The van der Waals surface area contributed by atoms with E-state index in [0.29, 0.717) is 0 Å². The van der Waals surface area contributed by atoms with Gasteiger partial charge in [-0.15, -0.1) is 9.79 Å². The first-order valence-corrected chi connectivity index (χ1v) is 3.95. The second-order valence-corrected chi connectivity index (χ2v) is 2.17. The Morgan fingerprint density at radius 3 is 1.50 bits per heavy atom. The van der Waals surface area contributed by atoms with Crippen LogP contribution in [0.15, 0.2) is 24.3 Å². The van der Waals surface area contributed by atoms with Gasteiger partial charge in [0, 0.05) is 4.57 Å². The molecule has 0 fully saturated rings. The van der Waals surface area contributed by atoms with Gasteiger partial charge < -0.3 is 0 Å². The Hall–Kier alpha value is -0.900. The van der Waals surface area contributed by atoms with Crippen molar-refractivity contribution < 1.29 is 23.1 Å². The summed E-state index contributed by atoms with van der Waals surface area (Å²) in [4.78, 5) is 14.2. The molecule has 6 heteroatoms. The molecule has 1 rings (SSSR count). The number of benzene rings is 1. The largest absolute Gasteiger partial charge is 0.692 e. The van der Waals surface area contributed by atoms with Gasteiger partial charge >= 0.3 is 8.25 Å². The minimum atomic E-state index is -2.87. The summed E-state index contributed by atoms with van der Waals surface area (Å²) >= 11 is 0. The molecule has 0 aromatic heterocycles. The molecule has 2 N–H and O–H groups in total. The molecule has 0 saturated heterocycles. The highest BCUT2D eigenvalue weighted by molar-refractivity contribution is 7.30. The Balaban J connectivity index is 0.000000261. The first-order chi connectivity index (χ1) is 5.54. The van der Waals surface area contributed by atoms with Crippen molar-refractivity contribution in [2.24, 2.45) is 0 Å². The molecule has 0 radical (unpaired) electrons. The molecule has 0 heterocycles. The van der Waals surface area contributed by atoms with Crippen LogP contribution in [0.2, 0.25) is 0 Å². The lowest BCUT2D eigenvalue weighted by Gasteiger charge is -1.85. The normalized spacial score (nSPS) is 8.33. The molecule has 3 nitrogen and oxygen atoms in total. The van der Waals surface area contributed by atoms with Crippen LogP contribution in [0.4, 0.5) is 8.78 Å². The van der Waals surface area contributed by atoms with Crippen molar-refractivity contribution in [3.05, 3.63) is 35.9 Å². The fourth-order valence-corrected chi connectivity index (χ4v) is 0.439. The average Bonchev–Trinajstić information content (AvgIpc) is 1.94. The summed E-state index contributed by atoms with van der Waals surface area (Å²) in [5.74, 6) is -1.60. The summed E-state index contributed by atoms with van der Waals surface area (Å²) in [6.45, 7) is 0. The molecule has 0 aliphatic rings. The third-order valence-electron chi connectivity index (χ3n) is 0.824. The van der Waals surface area contributed by atoms with E-state index >= 15 is 0 Å². The molecular weight excluding hydrogens is 189 g/mol. The third-order valence-corrected chi connectivity index (χ3v) is 0.824. The van der Waals surface area contributed by atoms with Crippen LogP contribution in [-0.2, 0) is 4.57 Å². The molecule has 0 bridgehead atoms. The third kappa shape index (κ3) is 5.85. The summed E-state index contributed by atoms with van der Waals surface area (Å²) in [7, 11) is -2.87. The Morgan fingerprint density at radius 1 is 1.08 bits per heavy atom. The molecular formula is C6H6F2O3P+. The molecule has 66 valence electrons. The highest BCUT2D eigenvalue weighted by Gasteiger charge is 1.93. The SMILES string of the molecule is Fc1ccccc1F.O=[P+](O)O. The van der Waals surface area contributed by atoms with Crippen molar-refractivity contribution in [1.82, 2.24) is 0 Å². The van der Waals surface area contributed by atoms with Crippen LogP contribution in [0.1, 0.15) is 0 Å². The van der Waals surface area contributed by atoms with E-state index in [4.69, 9.17) is 14.4 Å². The average molecular weight is 195 g/mol. The maximum Gasteiger partial charge on any atom is 0.692 e. The van der Waals surface area contributed by atoms with Crippen molar-refractivity contribution in [3.63, 3.8) is 0 Å². The van der Waals surface area contributed by atoms with Gasteiger partial charge in [0.25, 0.3) is 0 Å². The topological polar surface area (TPSA) is 57.5 Å². The van der Waals surface area contributed by atoms with Gasteiger partial charge in [0.15, 0.2) is 11.6 Å². The minimum Gasteiger partial charge on any atom is -0.204 e. The Bertz CT molecular complexity index is 242. The summed E-state index contributed by atoms with van der Waals surface area (Å²) in [5, 5.41) is 0. The van der Waals surface area contributed by atoms with Gasteiger partial charge in [-0.2, -0.15) is 0 Å². The van der Waals surface area contributed by atoms with Crippen LogP contribution >= 0.6 is 8.25 Å². The number of hydrogen-bond donors (Lipinski definition) is 2. The number of rotatable bonds is 0. The van der Waals surface area contributed by atoms with E-state index in [2.05, 4.69) is 0 Å². The lowest BCUT2D eigenvalue weighted by atomic mass is 10.3. The summed E-state index contributed by atoms with van der Waals surface area (Å²) in [6, 6.07) is 5.04. The van der Waals surface area contributed by atoms with Crippen LogP contribution in [-0.4, -0.2) is 9.79 Å². The van der Waals surface area contributed by atoms with E-state index < -0.39 is 19.9 Å². The summed E-state index contributed by atoms with van der Waals surface area (Å²) < 4.78 is 32.6. The smallest absolute Gasteiger partial charge is 0.204 e. The molecule has 0 aliphatic heterocycles. The summed E-state index contributed by atoms with van der Waals surface area (Å²) in [5.41, 5.74) is 0. The van der Waals surface area contributed by atoms with Crippen molar-refractivity contribution in [2.75, 3.05) is 0 Å². The highest BCUT2D eigenvalue weighted by atomic mass is 31.1. The van der Waals surface area contributed by atoms with Crippen LogP contribution in [0.5, 0.6) is 0 Å². The zero-order chi connectivity index (χ0) is 9.56.